The Kier molecular flexibility index (Phi) is 3.88. The summed E-state index contributed by atoms with van der Waals surface area (Å²) in [7, 11) is 0. The van der Waals surface area contributed by atoms with Crippen molar-refractivity contribution in [3.63, 3.8) is 0 Å². The normalized spacial score (nSPS) is 18.7. The van der Waals surface area contributed by atoms with Gasteiger partial charge in [0.2, 0.25) is 5.91 Å². The zero-order valence-corrected chi connectivity index (χ0v) is 9.89. The molecule has 0 radical (unpaired) electrons. The summed E-state index contributed by atoms with van der Waals surface area (Å²) in [6.07, 6.45) is 1.39. The first kappa shape index (κ1) is 12.5. The number of benzene rings is 1. The predicted octanol–water partition coefficient (Wildman–Crippen LogP) is 0.963. The number of nitro benzene ring substituents is 1. The van der Waals surface area contributed by atoms with Crippen molar-refractivity contribution < 1.29 is 9.72 Å². The van der Waals surface area contributed by atoms with Crippen LogP contribution in [0.1, 0.15) is 18.4 Å². The van der Waals surface area contributed by atoms with Crippen LogP contribution in [0.2, 0.25) is 0 Å². The van der Waals surface area contributed by atoms with E-state index in [0.29, 0.717) is 25.1 Å². The molecular formula is C12H15N3O3. The van der Waals surface area contributed by atoms with Gasteiger partial charge in [0.05, 0.1) is 4.92 Å². The van der Waals surface area contributed by atoms with Gasteiger partial charge < -0.3 is 10.6 Å². The number of rotatable bonds is 5. The third-order valence-electron chi connectivity index (χ3n) is 2.98. The average molecular weight is 249 g/mol. The van der Waals surface area contributed by atoms with E-state index in [-0.39, 0.29) is 22.6 Å². The van der Waals surface area contributed by atoms with E-state index in [9.17, 15) is 14.9 Å². The van der Waals surface area contributed by atoms with E-state index in [1.807, 2.05) is 0 Å². The first-order valence-corrected chi connectivity index (χ1v) is 5.89. The molecule has 2 rings (SSSR count). The van der Waals surface area contributed by atoms with Crippen molar-refractivity contribution in [3.05, 3.63) is 39.9 Å². The largest absolute Gasteiger partial charge is 0.352 e. The summed E-state index contributed by atoms with van der Waals surface area (Å²) >= 11 is 0. The Hall–Kier alpha value is -1.95. The van der Waals surface area contributed by atoms with Crippen molar-refractivity contribution in [1.82, 2.24) is 10.6 Å². The van der Waals surface area contributed by atoms with E-state index in [1.165, 1.54) is 6.07 Å². The van der Waals surface area contributed by atoms with Crippen molar-refractivity contribution in [2.24, 2.45) is 0 Å². The monoisotopic (exact) mass is 249 g/mol. The van der Waals surface area contributed by atoms with Gasteiger partial charge in [-0.2, -0.15) is 0 Å². The van der Waals surface area contributed by atoms with E-state index in [0.717, 1.165) is 6.42 Å². The number of hydrogen-bond donors (Lipinski definition) is 2. The number of nitrogens with zero attached hydrogens (tertiary/aromatic N) is 1. The Balaban J connectivity index is 1.86. The Morgan fingerprint density at radius 2 is 2.22 bits per heavy atom. The van der Waals surface area contributed by atoms with Gasteiger partial charge in [-0.05, 0) is 6.42 Å². The molecule has 1 aromatic rings. The predicted molar refractivity (Wildman–Crippen MR) is 66.0 cm³/mol. The van der Waals surface area contributed by atoms with Gasteiger partial charge in [0.25, 0.3) is 5.69 Å². The minimum absolute atomic E-state index is 0.0764. The second-order valence-electron chi connectivity index (χ2n) is 4.32. The van der Waals surface area contributed by atoms with Gasteiger partial charge in [0.15, 0.2) is 0 Å². The van der Waals surface area contributed by atoms with Crippen molar-refractivity contribution in [3.8, 4) is 0 Å². The summed E-state index contributed by atoms with van der Waals surface area (Å²) in [4.78, 5) is 21.4. The highest BCUT2D eigenvalue weighted by Crippen LogP contribution is 2.17. The van der Waals surface area contributed by atoms with Crippen LogP contribution in [-0.4, -0.2) is 23.4 Å². The molecule has 0 aliphatic carbocycles. The minimum atomic E-state index is -0.381. The summed E-state index contributed by atoms with van der Waals surface area (Å²) in [5.74, 6) is 0.0764. The minimum Gasteiger partial charge on any atom is -0.352 e. The van der Waals surface area contributed by atoms with Crippen LogP contribution in [0.15, 0.2) is 24.3 Å². The Bertz CT molecular complexity index is 462. The van der Waals surface area contributed by atoms with E-state index in [1.54, 1.807) is 18.2 Å². The first-order chi connectivity index (χ1) is 8.66. The van der Waals surface area contributed by atoms with Crippen LogP contribution in [0.5, 0.6) is 0 Å². The highest BCUT2D eigenvalue weighted by molar-refractivity contribution is 5.78. The van der Waals surface area contributed by atoms with E-state index in [4.69, 9.17) is 0 Å². The van der Waals surface area contributed by atoms with E-state index >= 15 is 0 Å². The summed E-state index contributed by atoms with van der Waals surface area (Å²) in [6, 6.07) is 6.80. The second kappa shape index (κ2) is 5.59. The molecule has 1 aliphatic heterocycles. The molecule has 2 N–H and O–H groups in total. The lowest BCUT2D eigenvalue weighted by Gasteiger charge is -2.11. The van der Waals surface area contributed by atoms with Gasteiger partial charge in [0.1, 0.15) is 0 Å². The van der Waals surface area contributed by atoms with Gasteiger partial charge in [-0.15, -0.1) is 0 Å². The molecule has 1 aromatic carbocycles. The van der Waals surface area contributed by atoms with Gasteiger partial charge in [0, 0.05) is 37.2 Å². The highest BCUT2D eigenvalue weighted by Gasteiger charge is 2.20. The molecule has 0 saturated carbocycles. The Morgan fingerprint density at radius 1 is 1.44 bits per heavy atom. The maximum Gasteiger partial charge on any atom is 0.273 e. The van der Waals surface area contributed by atoms with Crippen LogP contribution >= 0.6 is 0 Å². The fourth-order valence-corrected chi connectivity index (χ4v) is 2.05. The number of nitrogens with one attached hydrogen (secondary N) is 2. The zero-order chi connectivity index (χ0) is 13.0. The van der Waals surface area contributed by atoms with Crippen LogP contribution < -0.4 is 10.6 Å². The zero-order valence-electron chi connectivity index (χ0n) is 9.89. The molecule has 18 heavy (non-hydrogen) atoms. The smallest absolute Gasteiger partial charge is 0.273 e. The number of carbonyl (C=O) groups is 1. The third-order valence-corrected chi connectivity index (χ3v) is 2.98. The van der Waals surface area contributed by atoms with Gasteiger partial charge in [-0.3, -0.25) is 14.9 Å². The number of amides is 1. The van der Waals surface area contributed by atoms with Crippen LogP contribution in [-0.2, 0) is 11.3 Å². The van der Waals surface area contributed by atoms with Crippen molar-refractivity contribution >= 4 is 11.6 Å². The second-order valence-corrected chi connectivity index (χ2v) is 4.32. The fraction of sp³-hybridized carbons (Fsp3) is 0.417. The van der Waals surface area contributed by atoms with Crippen LogP contribution in [0.25, 0.3) is 0 Å². The van der Waals surface area contributed by atoms with Crippen molar-refractivity contribution in [1.29, 1.82) is 0 Å². The van der Waals surface area contributed by atoms with Gasteiger partial charge in [-0.1, -0.05) is 18.2 Å². The first-order valence-electron chi connectivity index (χ1n) is 5.89. The van der Waals surface area contributed by atoms with Crippen LogP contribution in [0.4, 0.5) is 5.69 Å². The fourth-order valence-electron chi connectivity index (χ4n) is 2.05. The summed E-state index contributed by atoms with van der Waals surface area (Å²) in [6.45, 7) is 1.07. The molecule has 6 heteroatoms. The quantitative estimate of drug-likeness (QED) is 0.601. The highest BCUT2D eigenvalue weighted by atomic mass is 16.6. The molecule has 0 bridgehead atoms. The molecule has 1 saturated heterocycles. The molecular weight excluding hydrogens is 234 g/mol. The molecule has 0 spiro atoms. The molecule has 6 nitrogen and oxygen atoms in total. The molecule has 0 aromatic heterocycles. The van der Waals surface area contributed by atoms with E-state index in [2.05, 4.69) is 10.6 Å². The maximum absolute atomic E-state index is 11.0. The van der Waals surface area contributed by atoms with Gasteiger partial charge >= 0.3 is 0 Å². The Morgan fingerprint density at radius 3 is 2.89 bits per heavy atom. The maximum atomic E-state index is 11.0. The van der Waals surface area contributed by atoms with Crippen LogP contribution in [0, 0.1) is 10.1 Å². The van der Waals surface area contributed by atoms with Crippen molar-refractivity contribution in [2.45, 2.75) is 25.4 Å². The number of carbonyl (C=O) groups excluding carboxylic acids is 1. The lowest BCUT2D eigenvalue weighted by atomic mass is 10.1. The average Bonchev–Trinajstić information content (AvgIpc) is 2.75. The van der Waals surface area contributed by atoms with Crippen molar-refractivity contribution in [2.75, 3.05) is 6.54 Å². The molecule has 1 atom stereocenters. The van der Waals surface area contributed by atoms with Crippen LogP contribution in [0.3, 0.4) is 0 Å². The Labute approximate surface area is 105 Å². The van der Waals surface area contributed by atoms with E-state index < -0.39 is 0 Å². The topological polar surface area (TPSA) is 84.3 Å². The van der Waals surface area contributed by atoms with Gasteiger partial charge in [-0.25, -0.2) is 0 Å². The molecule has 1 heterocycles. The molecule has 1 fully saturated rings. The SMILES string of the molecule is O=C1CCC(CNCc2ccccc2[N+](=O)[O-])N1. The number of hydrogen-bond acceptors (Lipinski definition) is 4. The third kappa shape index (κ3) is 3.04. The summed E-state index contributed by atoms with van der Waals surface area (Å²) in [5.41, 5.74) is 0.785. The molecule has 1 aliphatic rings. The molecule has 1 unspecified atom stereocenters. The molecule has 96 valence electrons. The number of nitro groups is 1. The standard InChI is InChI=1S/C12H15N3O3/c16-12-6-5-10(14-12)8-13-7-9-3-1-2-4-11(9)15(17)18/h1-4,10,13H,5-8H2,(H,14,16). The number of para-hydroxylation sites is 1. The summed E-state index contributed by atoms with van der Waals surface area (Å²) < 4.78 is 0. The lowest BCUT2D eigenvalue weighted by Crippen LogP contribution is -2.35. The molecule has 1 amide bonds. The lowest BCUT2D eigenvalue weighted by molar-refractivity contribution is -0.385. The summed E-state index contributed by atoms with van der Waals surface area (Å²) in [5, 5.41) is 16.8.